The van der Waals surface area contributed by atoms with Crippen LogP contribution in [0.1, 0.15) is 19.8 Å². The van der Waals surface area contributed by atoms with Gasteiger partial charge in [-0.05, 0) is 19.8 Å². The lowest BCUT2D eigenvalue weighted by molar-refractivity contribution is -0.130. The Hall–Kier alpha value is -0.620. The summed E-state index contributed by atoms with van der Waals surface area (Å²) in [5.41, 5.74) is -0.328. The predicted octanol–water partition coefficient (Wildman–Crippen LogP) is -0.659. The second-order valence-corrected chi connectivity index (χ2v) is 6.82. The topological polar surface area (TPSA) is 66.5 Å². The minimum Gasteiger partial charge on any atom is -0.325 e. The molecule has 2 rings (SSSR count). The van der Waals surface area contributed by atoms with Crippen LogP contribution in [-0.2, 0) is 14.6 Å². The van der Waals surface area contributed by atoms with Gasteiger partial charge < -0.3 is 4.90 Å². The van der Waals surface area contributed by atoms with Gasteiger partial charge in [0.25, 0.3) is 0 Å². The van der Waals surface area contributed by atoms with E-state index in [0.29, 0.717) is 6.67 Å². The normalized spacial score (nSPS) is 26.0. The summed E-state index contributed by atoms with van der Waals surface area (Å²) in [5.74, 6) is 0.106. The van der Waals surface area contributed by atoms with E-state index in [1.807, 2.05) is 0 Å². The van der Waals surface area contributed by atoms with Crippen LogP contribution in [0.2, 0.25) is 0 Å². The second-order valence-electron chi connectivity index (χ2n) is 4.63. The summed E-state index contributed by atoms with van der Waals surface area (Å²) >= 11 is 0. The number of nitrogens with zero attached hydrogens (tertiary/aromatic N) is 1. The minimum atomic E-state index is -3.02. The summed E-state index contributed by atoms with van der Waals surface area (Å²) in [6, 6.07) is -0.236. The van der Waals surface area contributed by atoms with Gasteiger partial charge in [-0.1, -0.05) is 0 Å². The lowest BCUT2D eigenvalue weighted by atomic mass is 10.2. The van der Waals surface area contributed by atoms with Gasteiger partial charge in [0.05, 0.1) is 18.0 Å². The lowest BCUT2D eigenvalue weighted by Crippen LogP contribution is -2.41. The van der Waals surface area contributed by atoms with Crippen LogP contribution >= 0.6 is 0 Å². The summed E-state index contributed by atoms with van der Waals surface area (Å²) in [5, 5.41) is 3.16. The van der Waals surface area contributed by atoms with Crippen molar-refractivity contribution in [2.24, 2.45) is 0 Å². The van der Waals surface area contributed by atoms with E-state index in [2.05, 4.69) is 5.32 Å². The molecule has 2 aliphatic rings. The summed E-state index contributed by atoms with van der Waals surface area (Å²) in [6.07, 6.45) is 2.96. The first-order valence-corrected chi connectivity index (χ1v) is 7.14. The van der Waals surface area contributed by atoms with Crippen LogP contribution in [0, 0.1) is 0 Å². The quantitative estimate of drug-likeness (QED) is 0.701. The highest BCUT2D eigenvalue weighted by molar-refractivity contribution is 7.90. The van der Waals surface area contributed by atoms with Crippen LogP contribution in [0.3, 0.4) is 0 Å². The van der Waals surface area contributed by atoms with Crippen LogP contribution in [0.15, 0.2) is 0 Å². The molecule has 15 heavy (non-hydrogen) atoms. The Morgan fingerprint density at radius 3 is 2.53 bits per heavy atom. The van der Waals surface area contributed by atoms with Gasteiger partial charge in [0, 0.05) is 12.3 Å². The maximum Gasteiger partial charge on any atom is 0.244 e. The van der Waals surface area contributed by atoms with Crippen molar-refractivity contribution >= 4 is 15.7 Å². The van der Waals surface area contributed by atoms with Crippen molar-refractivity contribution in [1.29, 1.82) is 0 Å². The van der Waals surface area contributed by atoms with Gasteiger partial charge in [-0.25, -0.2) is 8.42 Å². The monoisotopic (exact) mass is 232 g/mol. The molecule has 0 aromatic rings. The average molecular weight is 232 g/mol. The molecule has 0 radical (unpaired) electrons. The summed E-state index contributed by atoms with van der Waals surface area (Å²) in [6.45, 7) is 2.26. The first-order chi connectivity index (χ1) is 6.84. The second kappa shape index (κ2) is 3.18. The Labute approximate surface area is 89.7 Å². The van der Waals surface area contributed by atoms with Crippen molar-refractivity contribution in [1.82, 2.24) is 10.2 Å². The van der Waals surface area contributed by atoms with Crippen LogP contribution in [-0.4, -0.2) is 49.5 Å². The number of rotatable bonds is 3. The molecular formula is C9H16N2O3S. The third-order valence-corrected chi connectivity index (χ3v) is 4.17. The molecular weight excluding hydrogens is 216 g/mol. The molecule has 1 saturated carbocycles. The van der Waals surface area contributed by atoms with Crippen LogP contribution in [0.25, 0.3) is 0 Å². The molecule has 0 aromatic carbocycles. The van der Waals surface area contributed by atoms with Gasteiger partial charge in [-0.2, -0.15) is 0 Å². The van der Waals surface area contributed by atoms with E-state index >= 15 is 0 Å². The number of carbonyl (C=O) groups is 1. The molecule has 0 aromatic heterocycles. The van der Waals surface area contributed by atoms with E-state index in [4.69, 9.17) is 0 Å². The van der Waals surface area contributed by atoms with Gasteiger partial charge in [-0.3, -0.25) is 10.1 Å². The smallest absolute Gasteiger partial charge is 0.244 e. The minimum absolute atomic E-state index is 0.0382. The zero-order valence-electron chi connectivity index (χ0n) is 8.99. The van der Waals surface area contributed by atoms with Crippen LogP contribution in [0.4, 0.5) is 0 Å². The van der Waals surface area contributed by atoms with Crippen LogP contribution in [0.5, 0.6) is 0 Å². The molecule has 1 atom stereocenters. The number of amides is 1. The standard InChI is InChI=1S/C9H16N2O3S/c1-7(5-15(2,13)14)11-6-10-9(3-4-9)8(11)12/h7,10H,3-6H2,1-2H3. The molecule has 1 unspecified atom stereocenters. The first kappa shape index (κ1) is 10.9. The number of hydrogen-bond donors (Lipinski definition) is 1. The average Bonchev–Trinajstić information content (AvgIpc) is 2.74. The van der Waals surface area contributed by atoms with E-state index in [9.17, 15) is 13.2 Å². The highest BCUT2D eigenvalue weighted by atomic mass is 32.2. The van der Waals surface area contributed by atoms with Gasteiger partial charge >= 0.3 is 0 Å². The number of nitrogens with one attached hydrogen (secondary N) is 1. The van der Waals surface area contributed by atoms with Gasteiger partial charge in [-0.15, -0.1) is 0 Å². The number of carbonyl (C=O) groups excluding carboxylic acids is 1. The maximum atomic E-state index is 11.9. The molecule has 1 saturated heterocycles. The molecule has 1 N–H and O–H groups in total. The molecule has 1 aliphatic carbocycles. The molecule has 0 bridgehead atoms. The molecule has 2 fully saturated rings. The third-order valence-electron chi connectivity index (χ3n) is 3.08. The molecule has 5 nitrogen and oxygen atoms in total. The van der Waals surface area contributed by atoms with Gasteiger partial charge in [0.2, 0.25) is 5.91 Å². The zero-order valence-corrected chi connectivity index (χ0v) is 9.80. The summed E-state index contributed by atoms with van der Waals surface area (Å²) < 4.78 is 22.2. The van der Waals surface area contributed by atoms with Gasteiger partial charge in [0.1, 0.15) is 9.84 Å². The van der Waals surface area contributed by atoms with E-state index in [1.54, 1.807) is 11.8 Å². The van der Waals surface area contributed by atoms with E-state index < -0.39 is 9.84 Å². The first-order valence-electron chi connectivity index (χ1n) is 5.08. The van der Waals surface area contributed by atoms with E-state index in [1.165, 1.54) is 6.26 Å². The van der Waals surface area contributed by atoms with E-state index in [-0.39, 0.29) is 23.2 Å². The molecule has 1 aliphatic heterocycles. The van der Waals surface area contributed by atoms with E-state index in [0.717, 1.165) is 12.8 Å². The fraction of sp³-hybridized carbons (Fsp3) is 0.889. The Morgan fingerprint density at radius 1 is 1.53 bits per heavy atom. The highest BCUT2D eigenvalue weighted by Crippen LogP contribution is 2.40. The summed E-state index contributed by atoms with van der Waals surface area (Å²) in [7, 11) is -3.02. The summed E-state index contributed by atoms with van der Waals surface area (Å²) in [4.78, 5) is 13.5. The van der Waals surface area contributed by atoms with Crippen molar-refractivity contribution < 1.29 is 13.2 Å². The van der Waals surface area contributed by atoms with Crippen molar-refractivity contribution in [3.05, 3.63) is 0 Å². The third kappa shape index (κ3) is 2.01. The van der Waals surface area contributed by atoms with Crippen molar-refractivity contribution in [2.45, 2.75) is 31.3 Å². The van der Waals surface area contributed by atoms with Crippen molar-refractivity contribution in [3.8, 4) is 0 Å². The Bertz CT molecular complexity index is 386. The Morgan fingerprint density at radius 2 is 2.13 bits per heavy atom. The molecule has 6 heteroatoms. The fourth-order valence-electron chi connectivity index (χ4n) is 2.06. The van der Waals surface area contributed by atoms with Gasteiger partial charge in [0.15, 0.2) is 0 Å². The SMILES string of the molecule is CC(CS(C)(=O)=O)N1CNC2(CC2)C1=O. The fourth-order valence-corrected chi connectivity index (χ4v) is 3.11. The molecule has 1 amide bonds. The zero-order chi connectivity index (χ0) is 11.3. The van der Waals surface area contributed by atoms with Crippen LogP contribution < -0.4 is 5.32 Å². The van der Waals surface area contributed by atoms with Crippen molar-refractivity contribution in [2.75, 3.05) is 18.7 Å². The van der Waals surface area contributed by atoms with Crippen molar-refractivity contribution in [3.63, 3.8) is 0 Å². The Kier molecular flexibility index (Phi) is 2.31. The highest BCUT2D eigenvalue weighted by Gasteiger charge is 2.56. The Balaban J connectivity index is 2.03. The predicted molar refractivity (Wildman–Crippen MR) is 56.0 cm³/mol. The molecule has 1 spiro atoms. The molecule has 86 valence electrons. The largest absolute Gasteiger partial charge is 0.325 e. The number of hydrogen-bond acceptors (Lipinski definition) is 4. The number of sulfone groups is 1. The molecule has 1 heterocycles. The lowest BCUT2D eigenvalue weighted by Gasteiger charge is -2.22. The maximum absolute atomic E-state index is 11.9.